The van der Waals surface area contributed by atoms with E-state index in [9.17, 15) is 18.0 Å². The molecule has 1 unspecified atom stereocenters. The fourth-order valence-electron chi connectivity index (χ4n) is 2.13. The summed E-state index contributed by atoms with van der Waals surface area (Å²) in [7, 11) is 0. The molecule has 120 valence electrons. The molecule has 0 saturated carbocycles. The second-order valence-electron chi connectivity index (χ2n) is 4.76. The Morgan fingerprint density at radius 2 is 2.05 bits per heavy atom. The number of nitrogens with two attached hydrogens (primary N) is 1. The molecule has 1 aliphatic rings. The van der Waals surface area contributed by atoms with Gasteiger partial charge in [0.1, 0.15) is 18.2 Å². The Morgan fingerprint density at radius 3 is 2.64 bits per heavy atom. The lowest BCUT2D eigenvalue weighted by Gasteiger charge is -2.19. The molecule has 0 aromatic carbocycles. The van der Waals surface area contributed by atoms with Crippen molar-refractivity contribution in [1.82, 2.24) is 4.98 Å². The lowest BCUT2D eigenvalue weighted by Crippen LogP contribution is -2.28. The fraction of sp³-hybridized carbons (Fsp3) is 0.429. The lowest BCUT2D eigenvalue weighted by atomic mass is 9.95. The van der Waals surface area contributed by atoms with Crippen LogP contribution in [0.3, 0.4) is 0 Å². The molecule has 2 rings (SSSR count). The zero-order valence-electron chi connectivity index (χ0n) is 11.5. The van der Waals surface area contributed by atoms with Crippen LogP contribution >= 0.6 is 0 Å². The second kappa shape index (κ2) is 6.78. The van der Waals surface area contributed by atoms with Gasteiger partial charge in [0.25, 0.3) is 6.29 Å². The Hall–Kier alpha value is -2.09. The molecule has 22 heavy (non-hydrogen) atoms. The molecule has 0 aliphatic carbocycles. The maximum absolute atomic E-state index is 12.9. The Balaban J connectivity index is 2.18. The number of nitrogens with zero attached hydrogens (tertiary/aromatic N) is 1. The van der Waals surface area contributed by atoms with Crippen LogP contribution in [0.25, 0.3) is 0 Å². The predicted molar refractivity (Wildman–Crippen MR) is 70.5 cm³/mol. The molecule has 8 heteroatoms. The van der Waals surface area contributed by atoms with Gasteiger partial charge in [-0.25, -0.2) is 0 Å². The van der Waals surface area contributed by atoms with E-state index in [0.29, 0.717) is 5.56 Å². The molecule has 2 N–H and O–H groups in total. The zero-order valence-corrected chi connectivity index (χ0v) is 11.5. The minimum Gasteiger partial charge on any atom is -0.455 e. The van der Waals surface area contributed by atoms with Crippen molar-refractivity contribution in [2.24, 2.45) is 11.7 Å². The highest BCUT2D eigenvalue weighted by Gasteiger charge is 2.40. The summed E-state index contributed by atoms with van der Waals surface area (Å²) in [6.45, 7) is -0.148. The van der Waals surface area contributed by atoms with E-state index in [1.807, 2.05) is 0 Å². The van der Waals surface area contributed by atoms with Crippen molar-refractivity contribution in [3.8, 4) is 0 Å². The van der Waals surface area contributed by atoms with Crippen LogP contribution in [0, 0.1) is 5.92 Å². The minimum absolute atomic E-state index is 0.0810. The lowest BCUT2D eigenvalue weighted by molar-refractivity contribution is -0.174. The number of halogens is 3. The first-order chi connectivity index (χ1) is 10.4. The van der Waals surface area contributed by atoms with Crippen LogP contribution in [0.5, 0.6) is 0 Å². The number of hydrogen-bond donors (Lipinski definition) is 1. The van der Waals surface area contributed by atoms with E-state index in [2.05, 4.69) is 4.98 Å². The molecule has 0 bridgehead atoms. The largest absolute Gasteiger partial charge is 0.455 e. The van der Waals surface area contributed by atoms with Gasteiger partial charge in [0.2, 0.25) is 0 Å². The van der Waals surface area contributed by atoms with Gasteiger partial charge >= 0.3 is 6.18 Å². The van der Waals surface area contributed by atoms with Crippen LogP contribution in [0.4, 0.5) is 13.2 Å². The maximum Gasteiger partial charge on any atom is 0.392 e. The van der Waals surface area contributed by atoms with Gasteiger partial charge in [-0.05, 0) is 25.1 Å². The molecule has 0 fully saturated rings. The molecule has 1 aromatic heterocycles. The van der Waals surface area contributed by atoms with E-state index >= 15 is 0 Å². The summed E-state index contributed by atoms with van der Waals surface area (Å²) in [5, 5.41) is 0. The van der Waals surface area contributed by atoms with Gasteiger partial charge in [0, 0.05) is 12.6 Å². The van der Waals surface area contributed by atoms with Gasteiger partial charge < -0.3 is 15.2 Å². The van der Waals surface area contributed by atoms with Crippen LogP contribution in [-0.2, 0) is 9.47 Å². The van der Waals surface area contributed by atoms with E-state index in [1.54, 1.807) is 6.07 Å². The van der Waals surface area contributed by atoms with Crippen molar-refractivity contribution in [2.75, 3.05) is 6.54 Å². The molecule has 1 atom stereocenters. The molecule has 0 saturated heterocycles. The summed E-state index contributed by atoms with van der Waals surface area (Å²) in [6.07, 6.45) is -2.44. The minimum atomic E-state index is -4.48. The van der Waals surface area contributed by atoms with Gasteiger partial charge in [-0.2, -0.15) is 13.2 Å². The zero-order chi connectivity index (χ0) is 16.2. The Labute approximate surface area is 124 Å². The number of hydrogen-bond acceptors (Lipinski definition) is 5. The van der Waals surface area contributed by atoms with E-state index in [-0.39, 0.29) is 18.7 Å². The summed E-state index contributed by atoms with van der Waals surface area (Å²) in [6, 6.07) is 3.09. The normalized spacial score (nSPS) is 16.2. The highest BCUT2D eigenvalue weighted by molar-refractivity contribution is 5.95. The smallest absolute Gasteiger partial charge is 0.392 e. The standard InChI is InChI=1S/C14H15F3N2O3/c15-14(16,17)9(3-4-18)8-11(20)12-10(2-1-5-19-12)13-21-6-7-22-13/h1-2,5-7,9,13H,3-4,8,18H2. The van der Waals surface area contributed by atoms with Gasteiger partial charge in [0.15, 0.2) is 5.78 Å². The third-order valence-corrected chi connectivity index (χ3v) is 3.23. The van der Waals surface area contributed by atoms with E-state index in [1.165, 1.54) is 24.8 Å². The third-order valence-electron chi connectivity index (χ3n) is 3.23. The Kier molecular flexibility index (Phi) is 5.02. The van der Waals surface area contributed by atoms with Crippen LogP contribution < -0.4 is 5.73 Å². The number of ketones is 1. The van der Waals surface area contributed by atoms with E-state index in [0.717, 1.165) is 0 Å². The van der Waals surface area contributed by atoms with Crippen LogP contribution in [-0.4, -0.2) is 23.5 Å². The Morgan fingerprint density at radius 1 is 1.36 bits per heavy atom. The van der Waals surface area contributed by atoms with Crippen molar-refractivity contribution in [3.63, 3.8) is 0 Å². The van der Waals surface area contributed by atoms with Crippen molar-refractivity contribution in [3.05, 3.63) is 42.1 Å². The monoisotopic (exact) mass is 316 g/mol. The first kappa shape index (κ1) is 16.3. The summed E-state index contributed by atoms with van der Waals surface area (Å²) < 4.78 is 48.9. The van der Waals surface area contributed by atoms with Crippen LogP contribution in [0.2, 0.25) is 0 Å². The second-order valence-corrected chi connectivity index (χ2v) is 4.76. The molecule has 5 nitrogen and oxygen atoms in total. The molecular formula is C14H15F3N2O3. The van der Waals surface area contributed by atoms with Gasteiger partial charge in [-0.15, -0.1) is 0 Å². The number of rotatable bonds is 6. The average Bonchev–Trinajstić information content (AvgIpc) is 3.00. The number of carbonyl (C=O) groups is 1. The van der Waals surface area contributed by atoms with Crippen LogP contribution in [0.15, 0.2) is 30.9 Å². The number of Topliss-reactive ketones (excluding diaryl/α,β-unsaturated/α-hetero) is 1. The first-order valence-electron chi connectivity index (χ1n) is 6.64. The topological polar surface area (TPSA) is 74.4 Å². The van der Waals surface area contributed by atoms with E-state index < -0.39 is 30.6 Å². The quantitative estimate of drug-likeness (QED) is 0.817. The predicted octanol–water partition coefficient (Wildman–Crippen LogP) is 2.70. The number of alkyl halides is 3. The van der Waals surface area contributed by atoms with Gasteiger partial charge in [-0.3, -0.25) is 9.78 Å². The van der Waals surface area contributed by atoms with Crippen molar-refractivity contribution < 1.29 is 27.4 Å². The first-order valence-corrected chi connectivity index (χ1v) is 6.64. The molecule has 0 amide bonds. The Bertz CT molecular complexity index is 553. The van der Waals surface area contributed by atoms with Crippen molar-refractivity contribution >= 4 is 5.78 Å². The maximum atomic E-state index is 12.9. The number of ether oxygens (including phenoxy) is 2. The van der Waals surface area contributed by atoms with Gasteiger partial charge in [-0.1, -0.05) is 0 Å². The number of carbonyl (C=O) groups excluding carboxylic acids is 1. The van der Waals surface area contributed by atoms with Crippen molar-refractivity contribution in [2.45, 2.75) is 25.3 Å². The summed E-state index contributed by atoms with van der Waals surface area (Å²) >= 11 is 0. The number of pyridine rings is 1. The molecule has 1 aliphatic heterocycles. The van der Waals surface area contributed by atoms with Crippen molar-refractivity contribution in [1.29, 1.82) is 0 Å². The molecule has 0 radical (unpaired) electrons. The summed E-state index contributed by atoms with van der Waals surface area (Å²) in [5.41, 5.74) is 5.41. The van der Waals surface area contributed by atoms with Crippen LogP contribution in [0.1, 0.15) is 35.2 Å². The molecular weight excluding hydrogens is 301 g/mol. The molecule has 2 heterocycles. The molecule has 1 aromatic rings. The summed E-state index contributed by atoms with van der Waals surface area (Å²) in [5.74, 6) is -2.51. The van der Waals surface area contributed by atoms with Gasteiger partial charge in [0.05, 0.1) is 11.5 Å². The number of aromatic nitrogens is 1. The highest BCUT2D eigenvalue weighted by Crippen LogP contribution is 2.33. The van der Waals surface area contributed by atoms with E-state index in [4.69, 9.17) is 15.2 Å². The highest BCUT2D eigenvalue weighted by atomic mass is 19.4. The SMILES string of the molecule is NCCC(CC(=O)c1ncccc1C1OC=CO1)C(F)(F)F. The fourth-order valence-corrected chi connectivity index (χ4v) is 2.13. The average molecular weight is 316 g/mol. The molecule has 0 spiro atoms. The third kappa shape index (κ3) is 3.76. The summed E-state index contributed by atoms with van der Waals surface area (Å²) in [4.78, 5) is 16.1.